The van der Waals surface area contributed by atoms with Gasteiger partial charge < -0.3 is 16.4 Å². The van der Waals surface area contributed by atoms with Gasteiger partial charge in [0.1, 0.15) is 0 Å². The largest absolute Gasteiger partial charge is 0.354 e. The smallest absolute Gasteiger partial charge is 0.251 e. The maximum atomic E-state index is 13.6. The van der Waals surface area contributed by atoms with Crippen molar-refractivity contribution in [2.45, 2.75) is 31.2 Å². The minimum Gasteiger partial charge on any atom is -0.354 e. The van der Waals surface area contributed by atoms with E-state index in [1.165, 1.54) is 24.3 Å². The van der Waals surface area contributed by atoms with Gasteiger partial charge in [0.25, 0.3) is 5.91 Å². The van der Waals surface area contributed by atoms with Crippen LogP contribution >= 0.6 is 0 Å². The summed E-state index contributed by atoms with van der Waals surface area (Å²) in [5, 5.41) is 5.31. The predicted molar refractivity (Wildman–Crippen MR) is 120 cm³/mol. The van der Waals surface area contributed by atoms with Crippen LogP contribution in [0, 0.1) is 11.6 Å². The highest BCUT2D eigenvalue weighted by molar-refractivity contribution is 7.92. The molecule has 0 aliphatic heterocycles. The molecule has 1 aliphatic rings. The molecule has 0 radical (unpaired) electrons. The predicted octanol–water partition coefficient (Wildman–Crippen LogP) is 1.63. The lowest BCUT2D eigenvalue weighted by Gasteiger charge is -2.20. The van der Waals surface area contributed by atoms with Crippen molar-refractivity contribution in [2.24, 2.45) is 5.73 Å². The molecular weight excluding hydrogens is 454 g/mol. The van der Waals surface area contributed by atoms with Gasteiger partial charge in [0.2, 0.25) is 15.9 Å². The Morgan fingerprint density at radius 3 is 2.55 bits per heavy atom. The molecule has 0 spiro atoms. The Bertz CT molecular complexity index is 1160. The van der Waals surface area contributed by atoms with Crippen molar-refractivity contribution in [1.82, 2.24) is 10.6 Å². The number of carbonyl (C=O) groups excluding carboxylic acids is 2. The molecule has 3 rings (SSSR count). The first-order valence-corrected chi connectivity index (χ1v) is 12.3. The SMILES string of the molecule is CS(=O)(=O)Nc1cccc(C(=O)NCCNC(=O)CC(N)C2CCc3cc(F)c(F)cc32)c1. The molecule has 2 aromatic rings. The first-order chi connectivity index (χ1) is 15.5. The van der Waals surface area contributed by atoms with Crippen LogP contribution in [0.15, 0.2) is 36.4 Å². The Kier molecular flexibility index (Phi) is 7.65. The number of hydrogen-bond donors (Lipinski definition) is 4. The molecule has 0 saturated carbocycles. The first-order valence-electron chi connectivity index (χ1n) is 10.4. The second kappa shape index (κ2) is 10.3. The molecule has 1 aliphatic carbocycles. The molecular formula is C22H26F2N4O4S. The molecule has 5 N–H and O–H groups in total. The summed E-state index contributed by atoms with van der Waals surface area (Å²) in [6.07, 6.45) is 2.23. The summed E-state index contributed by atoms with van der Waals surface area (Å²) >= 11 is 0. The first kappa shape index (κ1) is 24.6. The van der Waals surface area contributed by atoms with Crippen LogP contribution in [0.1, 0.15) is 40.2 Å². The molecule has 11 heteroatoms. The number of anilines is 1. The van der Waals surface area contributed by atoms with E-state index in [4.69, 9.17) is 5.73 Å². The van der Waals surface area contributed by atoms with Crippen molar-refractivity contribution in [3.8, 4) is 0 Å². The summed E-state index contributed by atoms with van der Waals surface area (Å²) in [5.74, 6) is -2.78. The van der Waals surface area contributed by atoms with E-state index in [-0.39, 0.29) is 42.6 Å². The number of benzene rings is 2. The number of rotatable bonds is 9. The summed E-state index contributed by atoms with van der Waals surface area (Å²) in [7, 11) is -3.46. The van der Waals surface area contributed by atoms with Crippen molar-refractivity contribution >= 4 is 27.5 Å². The van der Waals surface area contributed by atoms with Crippen LogP contribution in [0.25, 0.3) is 0 Å². The van der Waals surface area contributed by atoms with E-state index in [1.54, 1.807) is 6.07 Å². The van der Waals surface area contributed by atoms with Crippen molar-refractivity contribution in [3.05, 3.63) is 64.7 Å². The van der Waals surface area contributed by atoms with Crippen LogP contribution in [-0.2, 0) is 21.2 Å². The third-order valence-electron chi connectivity index (χ3n) is 5.40. The number of carbonyl (C=O) groups is 2. The molecule has 33 heavy (non-hydrogen) atoms. The molecule has 0 saturated heterocycles. The Morgan fingerprint density at radius 2 is 1.82 bits per heavy atom. The summed E-state index contributed by atoms with van der Waals surface area (Å²) < 4.78 is 51.9. The summed E-state index contributed by atoms with van der Waals surface area (Å²) in [5.41, 5.74) is 8.07. The lowest BCUT2D eigenvalue weighted by molar-refractivity contribution is -0.121. The van der Waals surface area contributed by atoms with Crippen LogP contribution in [0.3, 0.4) is 0 Å². The highest BCUT2D eigenvalue weighted by atomic mass is 32.2. The normalized spacial score (nSPS) is 16.1. The quantitative estimate of drug-likeness (QED) is 0.405. The number of amides is 2. The van der Waals surface area contributed by atoms with Crippen LogP contribution in [0.5, 0.6) is 0 Å². The van der Waals surface area contributed by atoms with Gasteiger partial charge in [0.15, 0.2) is 11.6 Å². The zero-order valence-electron chi connectivity index (χ0n) is 18.0. The lowest BCUT2D eigenvalue weighted by Crippen LogP contribution is -2.38. The maximum absolute atomic E-state index is 13.6. The fourth-order valence-electron chi connectivity index (χ4n) is 3.92. The maximum Gasteiger partial charge on any atom is 0.251 e. The van der Waals surface area contributed by atoms with Gasteiger partial charge >= 0.3 is 0 Å². The van der Waals surface area contributed by atoms with Gasteiger partial charge in [0, 0.05) is 42.7 Å². The monoisotopic (exact) mass is 480 g/mol. The van der Waals surface area contributed by atoms with Gasteiger partial charge in [-0.25, -0.2) is 17.2 Å². The highest BCUT2D eigenvalue weighted by Gasteiger charge is 2.30. The van der Waals surface area contributed by atoms with E-state index in [2.05, 4.69) is 15.4 Å². The van der Waals surface area contributed by atoms with Crippen LogP contribution in [0.2, 0.25) is 0 Å². The Morgan fingerprint density at radius 1 is 1.12 bits per heavy atom. The molecule has 0 fully saturated rings. The van der Waals surface area contributed by atoms with E-state index >= 15 is 0 Å². The number of sulfonamides is 1. The van der Waals surface area contributed by atoms with Crippen LogP contribution in [0.4, 0.5) is 14.5 Å². The Labute approximate surface area is 191 Å². The van der Waals surface area contributed by atoms with Gasteiger partial charge in [-0.2, -0.15) is 0 Å². The zero-order chi connectivity index (χ0) is 24.2. The lowest BCUT2D eigenvalue weighted by atomic mass is 9.91. The molecule has 2 amide bonds. The number of nitrogens with one attached hydrogen (secondary N) is 3. The average Bonchev–Trinajstić information content (AvgIpc) is 3.13. The molecule has 8 nitrogen and oxygen atoms in total. The summed E-state index contributed by atoms with van der Waals surface area (Å²) in [6.45, 7) is 0.319. The molecule has 178 valence electrons. The van der Waals surface area contributed by atoms with Crippen LogP contribution in [-0.4, -0.2) is 45.6 Å². The van der Waals surface area contributed by atoms with Gasteiger partial charge in [0.05, 0.1) is 6.26 Å². The standard InChI is InChI=1S/C22H26F2N4O4S/c1-33(31,32)28-15-4-2-3-14(9-15)22(30)27-8-7-26-21(29)12-20(25)16-6-5-13-10-18(23)19(24)11-17(13)16/h2-4,9-11,16,20,28H,5-8,12,25H2,1H3,(H,26,29)(H,27,30). The number of fused-ring (bicyclic) bond motifs is 1. The third kappa shape index (κ3) is 6.72. The Balaban J connectivity index is 1.44. The van der Waals surface area contributed by atoms with Gasteiger partial charge in [-0.15, -0.1) is 0 Å². The third-order valence-corrected chi connectivity index (χ3v) is 6.01. The number of halogens is 2. The number of aryl methyl sites for hydroxylation is 1. The zero-order valence-corrected chi connectivity index (χ0v) is 18.8. The van der Waals surface area contributed by atoms with Gasteiger partial charge in [-0.05, 0) is 54.3 Å². The van der Waals surface area contributed by atoms with E-state index in [1.807, 2.05) is 0 Å². The second-order valence-electron chi connectivity index (χ2n) is 8.04. The molecule has 0 aromatic heterocycles. The second-order valence-corrected chi connectivity index (χ2v) is 9.79. The topological polar surface area (TPSA) is 130 Å². The van der Waals surface area contributed by atoms with Crippen molar-refractivity contribution in [2.75, 3.05) is 24.1 Å². The van der Waals surface area contributed by atoms with E-state index in [0.717, 1.165) is 12.3 Å². The molecule has 0 bridgehead atoms. The molecule has 2 aromatic carbocycles. The van der Waals surface area contributed by atoms with Gasteiger partial charge in [-0.1, -0.05) is 6.07 Å². The summed E-state index contributed by atoms with van der Waals surface area (Å²) in [6, 6.07) is 7.82. The minimum absolute atomic E-state index is 0.0102. The van der Waals surface area contributed by atoms with Crippen molar-refractivity contribution in [3.63, 3.8) is 0 Å². The minimum atomic E-state index is -3.46. The fraction of sp³-hybridized carbons (Fsp3) is 0.364. The highest BCUT2D eigenvalue weighted by Crippen LogP contribution is 2.36. The van der Waals surface area contributed by atoms with E-state index in [0.29, 0.717) is 24.0 Å². The van der Waals surface area contributed by atoms with Crippen molar-refractivity contribution < 1.29 is 26.8 Å². The van der Waals surface area contributed by atoms with Gasteiger partial charge in [-0.3, -0.25) is 14.3 Å². The van der Waals surface area contributed by atoms with E-state index < -0.39 is 33.6 Å². The Hall–Kier alpha value is -3.05. The molecule has 2 atom stereocenters. The van der Waals surface area contributed by atoms with Crippen molar-refractivity contribution in [1.29, 1.82) is 0 Å². The fourth-order valence-corrected chi connectivity index (χ4v) is 4.48. The molecule has 2 unspecified atom stereocenters. The number of nitrogens with two attached hydrogens (primary N) is 1. The number of hydrogen-bond acceptors (Lipinski definition) is 5. The average molecular weight is 481 g/mol. The van der Waals surface area contributed by atoms with Crippen LogP contribution < -0.4 is 21.1 Å². The van der Waals surface area contributed by atoms with E-state index in [9.17, 15) is 26.8 Å². The summed E-state index contributed by atoms with van der Waals surface area (Å²) in [4.78, 5) is 24.5. The molecule has 0 heterocycles.